The molecule has 0 spiro atoms. The molecule has 0 aromatic heterocycles. The number of carbonyl (C=O) groups is 9. The molecule has 2 saturated heterocycles. The van der Waals surface area contributed by atoms with E-state index in [1.165, 1.54) is 18.7 Å². The summed E-state index contributed by atoms with van der Waals surface area (Å²) < 4.78 is 10.9. The van der Waals surface area contributed by atoms with Crippen molar-refractivity contribution in [1.29, 1.82) is 0 Å². The van der Waals surface area contributed by atoms with Crippen LogP contribution in [0.5, 0.6) is 0 Å². The number of nitrogens with one attached hydrogen (secondary N) is 5. The highest BCUT2D eigenvalue weighted by atomic mass is 16.7. The van der Waals surface area contributed by atoms with E-state index >= 15 is 0 Å². The van der Waals surface area contributed by atoms with Gasteiger partial charge in [-0.1, -0.05) is 30.3 Å². The molecule has 18 N–H and O–H groups in total. The Hall–Kier alpha value is -6.52. The molecule has 2 aliphatic heterocycles. The first-order valence-corrected chi connectivity index (χ1v) is 21.2. The number of guanidine groups is 1. The second-order valence-corrected chi connectivity index (χ2v) is 16.0. The fraction of sp³-hybridized carbons (Fsp3) is 0.600. The number of benzene rings is 1. The van der Waals surface area contributed by atoms with Gasteiger partial charge in [0.2, 0.25) is 41.4 Å². The van der Waals surface area contributed by atoms with Gasteiger partial charge < -0.3 is 89.4 Å². The molecule has 12 atom stereocenters. The van der Waals surface area contributed by atoms with E-state index in [0.29, 0.717) is 12.0 Å². The van der Waals surface area contributed by atoms with Crippen molar-refractivity contribution in [2.75, 3.05) is 19.6 Å². The number of aliphatic hydroxyl groups excluding tert-OH is 3. The van der Waals surface area contributed by atoms with Crippen LogP contribution in [0.2, 0.25) is 0 Å². The van der Waals surface area contributed by atoms with Crippen LogP contribution in [-0.4, -0.2) is 182 Å². The van der Waals surface area contributed by atoms with E-state index < -0.39 is 146 Å². The molecule has 0 unspecified atom stereocenters. The molecule has 67 heavy (non-hydrogen) atoms. The molecule has 2 aliphatic rings. The Morgan fingerprint density at radius 1 is 0.851 bits per heavy atom. The second-order valence-electron chi connectivity index (χ2n) is 16.0. The van der Waals surface area contributed by atoms with E-state index in [-0.39, 0.29) is 44.7 Å². The summed E-state index contributed by atoms with van der Waals surface area (Å²) in [7, 11) is 0. The monoisotopic (exact) mass is 951 g/mol. The van der Waals surface area contributed by atoms with E-state index in [1.54, 1.807) is 30.3 Å². The van der Waals surface area contributed by atoms with Crippen LogP contribution >= 0.6 is 0 Å². The minimum Gasteiger partial charge on any atom is -0.481 e. The zero-order chi connectivity index (χ0) is 50.1. The van der Waals surface area contributed by atoms with Gasteiger partial charge in [-0.2, -0.15) is 0 Å². The molecule has 0 saturated carbocycles. The maximum absolute atomic E-state index is 13.8. The summed E-state index contributed by atoms with van der Waals surface area (Å²) in [5.74, 6) is -10.0. The number of carboxylic acids is 2. The van der Waals surface area contributed by atoms with Crippen LogP contribution in [0.1, 0.15) is 57.9 Å². The van der Waals surface area contributed by atoms with Gasteiger partial charge in [0, 0.05) is 19.5 Å². The number of carbonyl (C=O) groups excluding carboxylic acids is 7. The number of hydrogen-bond acceptors (Lipinski definition) is 16. The number of aliphatic hydroxyl groups is 3. The third-order valence-electron chi connectivity index (χ3n) is 10.7. The van der Waals surface area contributed by atoms with E-state index in [2.05, 4.69) is 31.6 Å². The highest BCUT2D eigenvalue weighted by Crippen LogP contribution is 2.24. The van der Waals surface area contributed by atoms with E-state index in [4.69, 9.17) is 32.4 Å². The number of hydrogen-bond donors (Lipinski definition) is 14. The second kappa shape index (κ2) is 26.0. The molecular formula is C40H61N11O16. The number of likely N-dealkylation sites (tertiary alicyclic amines) is 1. The lowest BCUT2D eigenvalue weighted by Crippen LogP contribution is -2.61. The number of amides is 7. The summed E-state index contributed by atoms with van der Waals surface area (Å²) in [4.78, 5) is 121. The number of carboxylic acid groups (broad SMARTS) is 2. The zero-order valence-corrected chi connectivity index (χ0v) is 36.8. The van der Waals surface area contributed by atoms with E-state index in [1.807, 2.05) is 0 Å². The van der Waals surface area contributed by atoms with Crippen LogP contribution in [0.25, 0.3) is 0 Å². The quantitative estimate of drug-likeness (QED) is 0.0246. The lowest BCUT2D eigenvalue weighted by Gasteiger charge is -2.40. The van der Waals surface area contributed by atoms with Crippen molar-refractivity contribution in [1.82, 2.24) is 31.5 Å². The number of primary amides is 1. The SMILES string of the molecule is C[C@@H]1O[C@@H](O[C@H](C)[C@H](NC(=O)[C@H](Cc2ccccc2)NC(=O)[C@H](CC(=O)O)NC(=O)CNC(=O)[C@H](CCCN=C(N)N)NC(=O)[C@@H]2CCCN2C(=O)[C@@H](N)CC(N)=O)C(=O)O)[C@H](O)[C@H](O)[C@H]1O. The zero-order valence-electron chi connectivity index (χ0n) is 36.8. The number of aliphatic imine (C=N–C) groups is 1. The predicted octanol–water partition coefficient (Wildman–Crippen LogP) is -6.68. The van der Waals surface area contributed by atoms with Crippen molar-refractivity contribution in [3.63, 3.8) is 0 Å². The van der Waals surface area contributed by atoms with Crippen LogP contribution in [0.15, 0.2) is 35.3 Å². The Morgan fingerprint density at radius 2 is 1.51 bits per heavy atom. The van der Waals surface area contributed by atoms with Crippen molar-refractivity contribution >= 4 is 59.2 Å². The Labute approximate surface area is 383 Å². The van der Waals surface area contributed by atoms with Crippen LogP contribution in [-0.2, 0) is 59.0 Å². The lowest BCUT2D eigenvalue weighted by atomic mass is 10.00. The summed E-state index contributed by atoms with van der Waals surface area (Å²) in [5, 5.41) is 61.9. The third-order valence-corrected chi connectivity index (χ3v) is 10.7. The van der Waals surface area contributed by atoms with Gasteiger partial charge in [-0.05, 0) is 45.1 Å². The lowest BCUT2D eigenvalue weighted by molar-refractivity contribution is -0.304. The summed E-state index contributed by atoms with van der Waals surface area (Å²) in [6, 6.07) is -1.03. The van der Waals surface area contributed by atoms with Crippen molar-refractivity contribution in [2.24, 2.45) is 27.9 Å². The Morgan fingerprint density at radius 3 is 2.12 bits per heavy atom. The molecule has 27 heteroatoms. The fourth-order valence-corrected chi connectivity index (χ4v) is 7.16. The highest BCUT2D eigenvalue weighted by Gasteiger charge is 2.45. The number of rotatable bonds is 25. The first-order chi connectivity index (χ1) is 31.5. The molecule has 0 bridgehead atoms. The third kappa shape index (κ3) is 17.0. The van der Waals surface area contributed by atoms with Crippen molar-refractivity contribution in [3.8, 4) is 0 Å². The summed E-state index contributed by atoms with van der Waals surface area (Å²) >= 11 is 0. The standard InChI is InChI=1S/C40H61N11O16/c1-18(66-39-32(58)31(57)30(56)19(2)67-39)29(38(64)65)50-35(61)23(14-20-8-4-3-5-9-20)49-34(60)24(16-28(54)55)47-27(53)17-46-33(59)22(10-6-12-45-40(43)44)48-36(62)25-11-7-13-51(25)37(63)21(41)15-26(42)52/h3-5,8-9,18-19,21-25,29-32,39,56-58H,6-7,10-17,41H2,1-2H3,(H2,42,52)(H,46,59)(H,47,53)(H,48,62)(H,49,60)(H,50,61)(H,54,55)(H,64,65)(H4,43,44,45)/t18-,19+,21+,22+,23+,24+,25+,29+,30+,31-,32-,39-/m1/s1. The summed E-state index contributed by atoms with van der Waals surface area (Å²) in [5.41, 5.74) is 22.2. The maximum Gasteiger partial charge on any atom is 0.328 e. The molecule has 1 aromatic rings. The molecule has 0 aliphatic carbocycles. The molecule has 0 radical (unpaired) electrons. The van der Waals surface area contributed by atoms with Gasteiger partial charge >= 0.3 is 11.9 Å². The minimum absolute atomic E-state index is 0.0349. The number of nitrogens with zero attached hydrogens (tertiary/aromatic N) is 2. The highest BCUT2D eigenvalue weighted by molar-refractivity contribution is 5.97. The average molecular weight is 952 g/mol. The van der Waals surface area contributed by atoms with Crippen LogP contribution in [0, 0.1) is 0 Å². The van der Waals surface area contributed by atoms with Gasteiger partial charge in [0.05, 0.1) is 37.6 Å². The molecule has 1 aromatic carbocycles. The fourth-order valence-electron chi connectivity index (χ4n) is 7.16. The molecule has 7 amide bonds. The first kappa shape index (κ1) is 54.8. The summed E-state index contributed by atoms with van der Waals surface area (Å²) in [6.45, 7) is 1.88. The Kier molecular flexibility index (Phi) is 21.3. The molecule has 2 heterocycles. The molecule has 3 rings (SSSR count). The topological polar surface area (TPSA) is 453 Å². The largest absolute Gasteiger partial charge is 0.481 e. The average Bonchev–Trinajstić information content (AvgIpc) is 3.76. The van der Waals surface area contributed by atoms with Crippen molar-refractivity contribution in [2.45, 2.75) is 132 Å². The molecule has 27 nitrogen and oxygen atoms in total. The van der Waals surface area contributed by atoms with Crippen LogP contribution in [0.4, 0.5) is 0 Å². The minimum atomic E-state index is -1.87. The Balaban J connectivity index is 1.75. The smallest absolute Gasteiger partial charge is 0.328 e. The summed E-state index contributed by atoms with van der Waals surface area (Å²) in [6.07, 6.45) is -10.3. The molecule has 2 fully saturated rings. The van der Waals surface area contributed by atoms with Crippen molar-refractivity contribution in [3.05, 3.63) is 35.9 Å². The van der Waals surface area contributed by atoms with Crippen LogP contribution < -0.4 is 49.5 Å². The molecular weight excluding hydrogens is 891 g/mol. The van der Waals surface area contributed by atoms with Gasteiger partial charge in [-0.3, -0.25) is 43.3 Å². The number of nitrogens with two attached hydrogens (primary N) is 4. The van der Waals surface area contributed by atoms with Gasteiger partial charge in [-0.25, -0.2) is 4.79 Å². The molecule has 372 valence electrons. The van der Waals surface area contributed by atoms with Gasteiger partial charge in [0.1, 0.15) is 42.5 Å². The Bertz CT molecular complexity index is 1960. The van der Waals surface area contributed by atoms with Crippen molar-refractivity contribution < 1.29 is 78.2 Å². The first-order valence-electron chi connectivity index (χ1n) is 21.2. The number of aliphatic carboxylic acids is 2. The number of ether oxygens (including phenoxy) is 2. The van der Waals surface area contributed by atoms with Crippen LogP contribution in [0.3, 0.4) is 0 Å². The van der Waals surface area contributed by atoms with Gasteiger partial charge in [-0.15, -0.1) is 0 Å². The van der Waals surface area contributed by atoms with E-state index in [9.17, 15) is 68.7 Å². The van der Waals surface area contributed by atoms with Gasteiger partial charge in [0.25, 0.3) is 0 Å². The van der Waals surface area contributed by atoms with E-state index in [0.717, 1.165) is 0 Å². The normalized spacial score (nSPS) is 22.9. The van der Waals surface area contributed by atoms with Gasteiger partial charge in [0.15, 0.2) is 18.3 Å². The predicted molar refractivity (Wildman–Crippen MR) is 230 cm³/mol. The maximum atomic E-state index is 13.8.